The van der Waals surface area contributed by atoms with Gasteiger partial charge in [0.2, 0.25) is 5.91 Å². The Morgan fingerprint density at radius 3 is 2.54 bits per heavy atom. The molecule has 0 unspecified atom stereocenters. The van der Waals surface area contributed by atoms with Crippen LogP contribution < -0.4 is 5.32 Å². The summed E-state index contributed by atoms with van der Waals surface area (Å²) < 4.78 is 0. The fourth-order valence-electron chi connectivity index (χ4n) is 2.56. The molecule has 0 fully saturated rings. The molecule has 0 bridgehead atoms. The monoisotopic (exact) mass is 361 g/mol. The predicted molar refractivity (Wildman–Crippen MR) is 104 cm³/mol. The number of rotatable bonds is 8. The molecule has 0 aliphatic rings. The molecule has 2 rings (SSSR count). The number of carbonyl (C=O) groups is 1. The van der Waals surface area contributed by atoms with Gasteiger partial charge >= 0.3 is 0 Å². The quantitative estimate of drug-likeness (QED) is 0.674. The molecule has 24 heavy (non-hydrogen) atoms. The average Bonchev–Trinajstić information content (AvgIpc) is 2.55. The predicted octanol–water partition coefficient (Wildman–Crippen LogP) is 5.48. The van der Waals surface area contributed by atoms with Crippen LogP contribution in [0.5, 0.6) is 0 Å². The van der Waals surface area contributed by atoms with Crippen molar-refractivity contribution in [1.29, 1.82) is 0 Å². The highest BCUT2D eigenvalue weighted by Gasteiger charge is 2.15. The molecule has 4 heteroatoms. The average molecular weight is 362 g/mol. The third kappa shape index (κ3) is 6.58. The molecular weight excluding hydrogens is 338 g/mol. The molecule has 0 aromatic heterocycles. The molecule has 0 heterocycles. The minimum absolute atomic E-state index is 0.0745. The van der Waals surface area contributed by atoms with Crippen LogP contribution >= 0.6 is 23.4 Å². The van der Waals surface area contributed by atoms with E-state index in [0.717, 1.165) is 22.8 Å². The molecule has 0 aliphatic carbocycles. The fraction of sp³-hybridized carbons (Fsp3) is 0.350. The largest absolute Gasteiger partial charge is 0.349 e. The molecule has 0 saturated heterocycles. The lowest BCUT2D eigenvalue weighted by Crippen LogP contribution is -2.30. The molecule has 2 aromatic rings. The smallest absolute Gasteiger partial charge is 0.230 e. The Balaban J connectivity index is 1.86. The van der Waals surface area contributed by atoms with E-state index < -0.39 is 0 Å². The Bertz CT molecular complexity index is 645. The molecule has 0 spiro atoms. The van der Waals surface area contributed by atoms with Crippen molar-refractivity contribution in [3.63, 3.8) is 0 Å². The van der Waals surface area contributed by atoms with E-state index in [9.17, 15) is 4.79 Å². The highest BCUT2D eigenvalue weighted by atomic mass is 35.5. The van der Waals surface area contributed by atoms with Gasteiger partial charge in [0, 0.05) is 10.8 Å². The zero-order chi connectivity index (χ0) is 17.4. The van der Waals surface area contributed by atoms with Crippen LogP contribution in [0.1, 0.15) is 37.4 Å². The summed E-state index contributed by atoms with van der Waals surface area (Å²) in [4.78, 5) is 12.3. The van der Waals surface area contributed by atoms with Crippen LogP contribution in [-0.2, 0) is 10.5 Å². The van der Waals surface area contributed by atoms with Crippen molar-refractivity contribution in [2.24, 2.45) is 5.92 Å². The van der Waals surface area contributed by atoms with Gasteiger partial charge in [-0.05, 0) is 35.6 Å². The number of nitrogens with one attached hydrogen (secondary N) is 1. The van der Waals surface area contributed by atoms with Crippen LogP contribution in [0.15, 0.2) is 54.6 Å². The third-order valence-corrected chi connectivity index (χ3v) is 4.87. The molecular formula is C20H24ClNOS. The Morgan fingerprint density at radius 1 is 1.12 bits per heavy atom. The van der Waals surface area contributed by atoms with E-state index in [1.54, 1.807) is 11.8 Å². The first kappa shape index (κ1) is 18.9. The minimum atomic E-state index is 0.0745. The number of benzene rings is 2. The van der Waals surface area contributed by atoms with Gasteiger partial charge in [-0.15, -0.1) is 11.8 Å². The second kappa shape index (κ2) is 9.75. The lowest BCUT2D eigenvalue weighted by molar-refractivity contribution is -0.119. The van der Waals surface area contributed by atoms with Crippen LogP contribution in [0.2, 0.25) is 5.02 Å². The zero-order valence-electron chi connectivity index (χ0n) is 14.2. The van der Waals surface area contributed by atoms with Crippen molar-refractivity contribution in [2.75, 3.05) is 5.75 Å². The Hall–Kier alpha value is -1.45. The number of carbonyl (C=O) groups excluding carboxylic acids is 1. The Labute approximate surface area is 154 Å². The summed E-state index contributed by atoms with van der Waals surface area (Å²) in [5, 5.41) is 3.91. The molecule has 0 aliphatic heterocycles. The van der Waals surface area contributed by atoms with Gasteiger partial charge in [-0.2, -0.15) is 0 Å². The van der Waals surface area contributed by atoms with E-state index in [-0.39, 0.29) is 11.9 Å². The summed E-state index contributed by atoms with van der Waals surface area (Å²) in [6, 6.07) is 18.0. The topological polar surface area (TPSA) is 29.1 Å². The van der Waals surface area contributed by atoms with E-state index >= 15 is 0 Å². The van der Waals surface area contributed by atoms with Crippen molar-refractivity contribution in [1.82, 2.24) is 5.32 Å². The second-order valence-corrected chi connectivity index (χ2v) is 7.71. The number of halogens is 1. The van der Waals surface area contributed by atoms with Crippen molar-refractivity contribution < 1.29 is 4.79 Å². The van der Waals surface area contributed by atoms with Gasteiger partial charge in [-0.3, -0.25) is 4.79 Å². The first-order valence-corrected chi connectivity index (χ1v) is 9.74. The van der Waals surface area contributed by atoms with E-state index in [2.05, 4.69) is 31.3 Å². The van der Waals surface area contributed by atoms with Gasteiger partial charge in [-0.25, -0.2) is 0 Å². The number of hydrogen-bond donors (Lipinski definition) is 1. The third-order valence-electron chi connectivity index (χ3n) is 3.64. The minimum Gasteiger partial charge on any atom is -0.349 e. The lowest BCUT2D eigenvalue weighted by Gasteiger charge is -2.21. The van der Waals surface area contributed by atoms with Crippen molar-refractivity contribution in [3.05, 3.63) is 70.7 Å². The Morgan fingerprint density at radius 2 is 1.88 bits per heavy atom. The summed E-state index contributed by atoms with van der Waals surface area (Å²) in [6.07, 6.45) is 0.939. The van der Waals surface area contributed by atoms with Gasteiger partial charge in [0.25, 0.3) is 0 Å². The number of amides is 1. The van der Waals surface area contributed by atoms with Gasteiger partial charge in [0.1, 0.15) is 0 Å². The standard InChI is InChI=1S/C20H24ClNOS/c1-15(2)11-19(17-8-4-3-5-9-17)22-20(23)14-24-13-16-7-6-10-18(21)12-16/h3-10,12,15,19H,11,13-14H2,1-2H3,(H,22,23)/t19-/m1/s1. The van der Waals surface area contributed by atoms with Crippen LogP contribution in [0.3, 0.4) is 0 Å². The molecule has 1 amide bonds. The normalized spacial score (nSPS) is 12.2. The lowest BCUT2D eigenvalue weighted by atomic mass is 9.97. The first-order valence-electron chi connectivity index (χ1n) is 8.21. The van der Waals surface area contributed by atoms with E-state index in [1.807, 2.05) is 42.5 Å². The molecule has 2 nitrogen and oxygen atoms in total. The maximum atomic E-state index is 12.3. The van der Waals surface area contributed by atoms with Crippen molar-refractivity contribution in [3.8, 4) is 0 Å². The maximum Gasteiger partial charge on any atom is 0.230 e. The zero-order valence-corrected chi connectivity index (χ0v) is 15.7. The van der Waals surface area contributed by atoms with Gasteiger partial charge in [0.15, 0.2) is 0 Å². The van der Waals surface area contributed by atoms with Crippen LogP contribution in [0.4, 0.5) is 0 Å². The molecule has 0 radical (unpaired) electrons. The second-order valence-electron chi connectivity index (χ2n) is 6.28. The molecule has 2 aromatic carbocycles. The molecule has 1 atom stereocenters. The summed E-state index contributed by atoms with van der Waals surface area (Å²) in [6.45, 7) is 4.35. The molecule has 1 N–H and O–H groups in total. The summed E-state index contributed by atoms with van der Waals surface area (Å²) in [5.74, 6) is 1.84. The highest BCUT2D eigenvalue weighted by Crippen LogP contribution is 2.22. The molecule has 128 valence electrons. The van der Waals surface area contributed by atoms with Gasteiger partial charge in [-0.1, -0.05) is 67.9 Å². The highest BCUT2D eigenvalue weighted by molar-refractivity contribution is 7.99. The number of hydrogen-bond acceptors (Lipinski definition) is 2. The van der Waals surface area contributed by atoms with Crippen molar-refractivity contribution in [2.45, 2.75) is 32.1 Å². The van der Waals surface area contributed by atoms with E-state index in [1.165, 1.54) is 5.56 Å². The molecule has 0 saturated carbocycles. The Kier molecular flexibility index (Phi) is 7.67. The van der Waals surface area contributed by atoms with Gasteiger partial charge < -0.3 is 5.32 Å². The number of thioether (sulfide) groups is 1. The van der Waals surface area contributed by atoms with Crippen LogP contribution in [0, 0.1) is 5.92 Å². The summed E-state index contributed by atoms with van der Waals surface area (Å²) in [5.41, 5.74) is 2.31. The fourth-order valence-corrected chi connectivity index (χ4v) is 3.56. The van der Waals surface area contributed by atoms with Crippen LogP contribution in [-0.4, -0.2) is 11.7 Å². The van der Waals surface area contributed by atoms with Crippen molar-refractivity contribution >= 4 is 29.3 Å². The first-order chi connectivity index (χ1) is 11.5. The maximum absolute atomic E-state index is 12.3. The van der Waals surface area contributed by atoms with Gasteiger partial charge in [0.05, 0.1) is 11.8 Å². The SMILES string of the molecule is CC(C)C[C@@H](NC(=O)CSCc1cccc(Cl)c1)c1ccccc1. The van der Waals surface area contributed by atoms with E-state index in [0.29, 0.717) is 11.7 Å². The summed E-state index contributed by atoms with van der Waals surface area (Å²) in [7, 11) is 0. The van der Waals surface area contributed by atoms with E-state index in [4.69, 9.17) is 11.6 Å². The van der Waals surface area contributed by atoms with Crippen LogP contribution in [0.25, 0.3) is 0 Å². The summed E-state index contributed by atoms with van der Waals surface area (Å²) >= 11 is 7.59.